The molecule has 4 nitrogen and oxygen atoms in total. The molecule has 0 saturated heterocycles. The third-order valence-electron chi connectivity index (χ3n) is 9.59. The summed E-state index contributed by atoms with van der Waals surface area (Å²) in [7, 11) is 0. The first kappa shape index (κ1) is 26.0. The molecule has 0 N–H and O–H groups in total. The number of rotatable bonds is 3. The molecule has 3 aliphatic rings. The van der Waals surface area contributed by atoms with Gasteiger partial charge in [-0.3, -0.25) is 4.90 Å². The maximum atomic E-state index is 6.90. The van der Waals surface area contributed by atoms with Gasteiger partial charge in [0.1, 0.15) is 0 Å². The lowest BCUT2D eigenvalue weighted by molar-refractivity contribution is 0.360. The lowest BCUT2D eigenvalue weighted by atomic mass is 9.67. The SMILES string of the molecule is c1ccc(C2(c3ccccc3)c3ccccc3-c3cc4c(cc32)Oc2cccc(N3c5ccccc5Oc5ccccc53)c2O4)cc1. The molecule has 0 radical (unpaired) electrons. The van der Waals surface area contributed by atoms with Crippen molar-refractivity contribution in [3.8, 4) is 45.6 Å². The van der Waals surface area contributed by atoms with Crippen LogP contribution < -0.4 is 19.1 Å². The second-order valence-corrected chi connectivity index (χ2v) is 12.1. The van der Waals surface area contributed by atoms with Gasteiger partial charge in [-0.1, -0.05) is 115 Å². The summed E-state index contributed by atoms with van der Waals surface area (Å²) in [6.45, 7) is 0. The predicted molar refractivity (Wildman–Crippen MR) is 185 cm³/mol. The Labute approximate surface area is 272 Å². The fourth-order valence-electron chi connectivity index (χ4n) is 7.66. The maximum absolute atomic E-state index is 6.90. The van der Waals surface area contributed by atoms with Crippen molar-refractivity contribution in [3.05, 3.63) is 186 Å². The molecule has 47 heavy (non-hydrogen) atoms. The number of nitrogens with zero attached hydrogens (tertiary/aromatic N) is 1. The zero-order chi connectivity index (χ0) is 31.0. The summed E-state index contributed by atoms with van der Waals surface area (Å²) in [6.07, 6.45) is 0. The molecule has 7 aromatic carbocycles. The van der Waals surface area contributed by atoms with Crippen molar-refractivity contribution in [3.63, 3.8) is 0 Å². The van der Waals surface area contributed by atoms with Crippen LogP contribution in [0.2, 0.25) is 0 Å². The largest absolute Gasteiger partial charge is 0.453 e. The Morgan fingerprint density at radius 3 is 1.60 bits per heavy atom. The zero-order valence-corrected chi connectivity index (χ0v) is 25.3. The Kier molecular flexibility index (Phi) is 5.46. The summed E-state index contributed by atoms with van der Waals surface area (Å²) in [5.74, 6) is 4.28. The molecule has 0 bridgehead atoms. The monoisotopic (exact) mass is 605 g/mol. The molecule has 0 fully saturated rings. The van der Waals surface area contributed by atoms with Gasteiger partial charge in [0.15, 0.2) is 34.5 Å². The van der Waals surface area contributed by atoms with Gasteiger partial charge < -0.3 is 14.2 Å². The van der Waals surface area contributed by atoms with E-state index in [1.165, 1.54) is 27.8 Å². The first-order chi connectivity index (χ1) is 23.3. The van der Waals surface area contributed by atoms with Crippen LogP contribution in [0.3, 0.4) is 0 Å². The number of para-hydroxylation sites is 5. The summed E-state index contributed by atoms with van der Waals surface area (Å²) in [5, 5.41) is 0. The molecule has 2 aliphatic heterocycles. The van der Waals surface area contributed by atoms with Crippen molar-refractivity contribution < 1.29 is 14.2 Å². The Morgan fingerprint density at radius 1 is 0.362 bits per heavy atom. The van der Waals surface area contributed by atoms with Crippen molar-refractivity contribution in [2.24, 2.45) is 0 Å². The van der Waals surface area contributed by atoms with E-state index in [-0.39, 0.29) is 0 Å². The van der Waals surface area contributed by atoms with Crippen molar-refractivity contribution in [1.82, 2.24) is 0 Å². The molecule has 10 rings (SSSR count). The van der Waals surface area contributed by atoms with Gasteiger partial charge in [-0.05, 0) is 81.9 Å². The minimum atomic E-state index is -0.518. The fourth-order valence-corrected chi connectivity index (χ4v) is 7.66. The molecule has 222 valence electrons. The third kappa shape index (κ3) is 3.64. The van der Waals surface area contributed by atoms with E-state index in [4.69, 9.17) is 14.2 Å². The minimum Gasteiger partial charge on any atom is -0.453 e. The molecule has 0 spiro atoms. The van der Waals surface area contributed by atoms with Gasteiger partial charge >= 0.3 is 0 Å². The third-order valence-corrected chi connectivity index (χ3v) is 9.59. The van der Waals surface area contributed by atoms with E-state index in [2.05, 4.69) is 120 Å². The molecular weight excluding hydrogens is 578 g/mol. The standard InChI is InChI=1S/C43H27NO3/c1-3-14-28(15-4-1)43(29-16-5-2-6-17-29)32-19-8-7-18-30(32)31-26-40-41(27-33(31)43)46-39-25-13-22-36(42(39)47-40)44-34-20-9-11-23-37(34)45-38-24-12-10-21-35(38)44/h1-27H. The number of fused-ring (bicyclic) bond motifs is 7. The highest BCUT2D eigenvalue weighted by Gasteiger charge is 2.47. The van der Waals surface area contributed by atoms with Crippen molar-refractivity contribution in [2.75, 3.05) is 4.90 Å². The minimum absolute atomic E-state index is 0.518. The van der Waals surface area contributed by atoms with E-state index >= 15 is 0 Å². The quantitative estimate of drug-likeness (QED) is 0.200. The lowest BCUT2D eigenvalue weighted by Gasteiger charge is -2.35. The van der Waals surface area contributed by atoms with Gasteiger partial charge in [0.25, 0.3) is 0 Å². The molecule has 1 aliphatic carbocycles. The van der Waals surface area contributed by atoms with Gasteiger partial charge in [-0.25, -0.2) is 0 Å². The Balaban J connectivity index is 1.18. The van der Waals surface area contributed by atoms with Crippen LogP contribution in [0, 0.1) is 0 Å². The van der Waals surface area contributed by atoms with E-state index in [0.717, 1.165) is 34.1 Å². The number of hydrogen-bond donors (Lipinski definition) is 0. The van der Waals surface area contributed by atoms with Crippen LogP contribution >= 0.6 is 0 Å². The van der Waals surface area contributed by atoms with Gasteiger partial charge in [0.05, 0.1) is 22.5 Å². The average Bonchev–Trinajstić information content (AvgIpc) is 3.42. The molecule has 0 saturated carbocycles. The van der Waals surface area contributed by atoms with Crippen molar-refractivity contribution in [1.29, 1.82) is 0 Å². The summed E-state index contributed by atoms with van der Waals surface area (Å²) >= 11 is 0. The number of anilines is 3. The summed E-state index contributed by atoms with van der Waals surface area (Å²) in [4.78, 5) is 2.19. The second kappa shape index (κ2) is 9.87. The topological polar surface area (TPSA) is 30.9 Å². The van der Waals surface area contributed by atoms with E-state index in [1.807, 2.05) is 48.5 Å². The van der Waals surface area contributed by atoms with Gasteiger partial charge in [-0.2, -0.15) is 0 Å². The van der Waals surface area contributed by atoms with E-state index in [1.54, 1.807) is 0 Å². The predicted octanol–water partition coefficient (Wildman–Crippen LogP) is 11.5. The first-order valence-corrected chi connectivity index (χ1v) is 15.8. The van der Waals surface area contributed by atoms with Crippen LogP contribution in [-0.2, 0) is 5.41 Å². The second-order valence-electron chi connectivity index (χ2n) is 12.1. The van der Waals surface area contributed by atoms with Gasteiger partial charge in [0, 0.05) is 0 Å². The molecule has 0 aromatic heterocycles. The highest BCUT2D eigenvalue weighted by Crippen LogP contribution is 2.61. The highest BCUT2D eigenvalue weighted by molar-refractivity contribution is 5.91. The maximum Gasteiger partial charge on any atom is 0.194 e. The summed E-state index contributed by atoms with van der Waals surface area (Å²) in [5.41, 5.74) is 9.40. The van der Waals surface area contributed by atoms with Crippen molar-refractivity contribution >= 4 is 17.1 Å². The average molecular weight is 606 g/mol. The van der Waals surface area contributed by atoms with Crippen LogP contribution in [0.25, 0.3) is 11.1 Å². The van der Waals surface area contributed by atoms with E-state index < -0.39 is 5.41 Å². The van der Waals surface area contributed by atoms with Crippen LogP contribution in [0.4, 0.5) is 17.1 Å². The van der Waals surface area contributed by atoms with E-state index in [9.17, 15) is 0 Å². The van der Waals surface area contributed by atoms with Gasteiger partial charge in [0.2, 0.25) is 0 Å². The summed E-state index contributed by atoms with van der Waals surface area (Å²) in [6, 6.07) is 56.9. The smallest absolute Gasteiger partial charge is 0.194 e. The van der Waals surface area contributed by atoms with E-state index in [0.29, 0.717) is 23.0 Å². The number of ether oxygens (including phenoxy) is 3. The molecule has 7 aromatic rings. The van der Waals surface area contributed by atoms with Gasteiger partial charge in [-0.15, -0.1) is 0 Å². The highest BCUT2D eigenvalue weighted by atomic mass is 16.6. The van der Waals surface area contributed by atoms with Crippen LogP contribution in [-0.4, -0.2) is 0 Å². The molecule has 0 atom stereocenters. The number of benzene rings is 7. The molecule has 0 amide bonds. The molecule has 2 heterocycles. The lowest BCUT2D eigenvalue weighted by Crippen LogP contribution is -2.28. The molecule has 0 unspecified atom stereocenters. The Morgan fingerprint density at radius 2 is 0.894 bits per heavy atom. The summed E-state index contributed by atoms with van der Waals surface area (Å²) < 4.78 is 20.0. The molecule has 4 heteroatoms. The number of hydrogen-bond acceptors (Lipinski definition) is 4. The normalized spacial score (nSPS) is 14.2. The molecular formula is C43H27NO3. The first-order valence-electron chi connectivity index (χ1n) is 15.8. The zero-order valence-electron chi connectivity index (χ0n) is 25.3. The van der Waals surface area contributed by atoms with Crippen LogP contribution in [0.15, 0.2) is 164 Å². The Bertz CT molecular complexity index is 2260. The van der Waals surface area contributed by atoms with Crippen molar-refractivity contribution in [2.45, 2.75) is 5.41 Å². The Hall–Kier alpha value is -6.26. The van der Waals surface area contributed by atoms with Crippen LogP contribution in [0.5, 0.6) is 34.5 Å². The fraction of sp³-hybridized carbons (Fsp3) is 0.0233. The van der Waals surface area contributed by atoms with Crippen LogP contribution in [0.1, 0.15) is 22.3 Å².